The molecule has 0 saturated carbocycles. The van der Waals surface area contributed by atoms with Gasteiger partial charge in [0, 0.05) is 20.7 Å². The van der Waals surface area contributed by atoms with Crippen LogP contribution in [0.4, 0.5) is 5.69 Å². The van der Waals surface area contributed by atoms with Crippen LogP contribution in [0.5, 0.6) is 0 Å². The Kier molecular flexibility index (Phi) is 6.49. The number of halogens is 2. The number of esters is 1. The van der Waals surface area contributed by atoms with Crippen LogP contribution in [-0.2, 0) is 9.53 Å². The van der Waals surface area contributed by atoms with Crippen LogP contribution in [0.25, 0.3) is 0 Å². The van der Waals surface area contributed by atoms with Gasteiger partial charge >= 0.3 is 5.97 Å². The number of rotatable bonds is 5. The van der Waals surface area contributed by atoms with E-state index in [-0.39, 0.29) is 0 Å². The number of nitrogens with one attached hydrogen (secondary N) is 1. The van der Waals surface area contributed by atoms with Crippen LogP contribution in [0.3, 0.4) is 0 Å². The molecule has 4 nitrogen and oxygen atoms in total. The molecule has 0 bridgehead atoms. The molecular formula is C22H17BrClNO3. The van der Waals surface area contributed by atoms with Gasteiger partial charge in [-0.2, -0.15) is 0 Å². The van der Waals surface area contributed by atoms with Crippen molar-refractivity contribution in [2.24, 2.45) is 0 Å². The summed E-state index contributed by atoms with van der Waals surface area (Å²) in [7, 11) is 0. The Hall–Kier alpha value is -2.63. The van der Waals surface area contributed by atoms with Crippen LogP contribution in [0, 0.1) is 6.92 Å². The summed E-state index contributed by atoms with van der Waals surface area (Å²) < 4.78 is 6.40. The fraction of sp³-hybridized carbons (Fsp3) is 0.0909. The van der Waals surface area contributed by atoms with E-state index in [1.54, 1.807) is 60.7 Å². The van der Waals surface area contributed by atoms with Gasteiger partial charge in [-0.3, -0.25) is 4.79 Å². The number of amides is 1. The Bertz CT molecular complexity index is 990. The van der Waals surface area contributed by atoms with E-state index in [1.807, 2.05) is 19.1 Å². The lowest BCUT2D eigenvalue weighted by Gasteiger charge is -2.18. The number of hydrogen-bond acceptors (Lipinski definition) is 3. The second kappa shape index (κ2) is 9.04. The standard InChI is InChI=1S/C22H17BrClNO3/c1-14-7-12-18(13-19(14)24)25-21(26)20(15-5-3-2-4-6-15)28-22(27)16-8-10-17(23)11-9-16/h2-13,20H,1H3,(H,25,26)/t20-/m1/s1. The maximum Gasteiger partial charge on any atom is 0.339 e. The molecule has 3 aromatic rings. The van der Waals surface area contributed by atoms with Gasteiger partial charge in [0.15, 0.2) is 0 Å². The highest BCUT2D eigenvalue weighted by Crippen LogP contribution is 2.24. The van der Waals surface area contributed by atoms with Crippen molar-refractivity contribution >= 4 is 45.1 Å². The average Bonchev–Trinajstić information content (AvgIpc) is 2.70. The van der Waals surface area contributed by atoms with E-state index in [9.17, 15) is 9.59 Å². The predicted octanol–water partition coefficient (Wildman–Crippen LogP) is 5.95. The minimum atomic E-state index is -1.10. The molecule has 1 N–H and O–H groups in total. The smallest absolute Gasteiger partial charge is 0.339 e. The van der Waals surface area contributed by atoms with Crippen molar-refractivity contribution in [2.75, 3.05) is 5.32 Å². The second-order valence-corrected chi connectivity index (χ2v) is 7.48. The third-order valence-corrected chi connectivity index (χ3v) is 5.02. The molecule has 0 aliphatic carbocycles. The maximum atomic E-state index is 12.9. The predicted molar refractivity (Wildman–Crippen MR) is 114 cm³/mol. The summed E-state index contributed by atoms with van der Waals surface area (Å²) in [6.07, 6.45) is -1.10. The quantitative estimate of drug-likeness (QED) is 0.481. The first-order chi connectivity index (χ1) is 13.4. The van der Waals surface area contributed by atoms with Gasteiger partial charge in [-0.15, -0.1) is 0 Å². The third kappa shape index (κ3) is 5.00. The lowest BCUT2D eigenvalue weighted by atomic mass is 10.1. The molecular weight excluding hydrogens is 442 g/mol. The van der Waals surface area contributed by atoms with Gasteiger partial charge in [0.05, 0.1) is 5.56 Å². The fourth-order valence-electron chi connectivity index (χ4n) is 2.54. The van der Waals surface area contributed by atoms with Gasteiger partial charge in [0.1, 0.15) is 0 Å². The summed E-state index contributed by atoms with van der Waals surface area (Å²) >= 11 is 9.46. The molecule has 0 unspecified atom stereocenters. The summed E-state index contributed by atoms with van der Waals surface area (Å²) in [4.78, 5) is 25.4. The highest BCUT2D eigenvalue weighted by molar-refractivity contribution is 9.10. The molecule has 3 aromatic carbocycles. The molecule has 0 heterocycles. The number of hydrogen-bond donors (Lipinski definition) is 1. The molecule has 142 valence electrons. The number of aryl methyl sites for hydroxylation is 1. The molecule has 0 radical (unpaired) electrons. The Balaban J connectivity index is 1.84. The Labute approximate surface area is 176 Å². The van der Waals surface area contributed by atoms with Gasteiger partial charge in [0.25, 0.3) is 5.91 Å². The summed E-state index contributed by atoms with van der Waals surface area (Å²) in [6, 6.07) is 20.8. The minimum absolute atomic E-state index is 0.357. The Morgan fingerprint density at radius 2 is 1.68 bits per heavy atom. The van der Waals surface area contributed by atoms with Crippen LogP contribution in [-0.4, -0.2) is 11.9 Å². The molecule has 0 aromatic heterocycles. The molecule has 1 atom stereocenters. The first-order valence-corrected chi connectivity index (χ1v) is 9.69. The topological polar surface area (TPSA) is 55.4 Å². The van der Waals surface area contributed by atoms with Crippen molar-refractivity contribution in [3.05, 3.63) is 99.0 Å². The Morgan fingerprint density at radius 1 is 1.00 bits per heavy atom. The molecule has 0 aliphatic heterocycles. The summed E-state index contributed by atoms with van der Waals surface area (Å²) in [6.45, 7) is 1.88. The first kappa shape index (κ1) is 20.1. The average molecular weight is 459 g/mol. The van der Waals surface area contributed by atoms with Gasteiger partial charge in [0.2, 0.25) is 6.10 Å². The molecule has 0 fully saturated rings. The highest BCUT2D eigenvalue weighted by Gasteiger charge is 2.26. The lowest BCUT2D eigenvalue weighted by Crippen LogP contribution is -2.26. The normalized spacial score (nSPS) is 11.5. The minimum Gasteiger partial charge on any atom is -0.444 e. The SMILES string of the molecule is Cc1ccc(NC(=O)[C@H](OC(=O)c2ccc(Br)cc2)c2ccccc2)cc1Cl. The molecule has 1 amide bonds. The van der Waals surface area contributed by atoms with E-state index < -0.39 is 18.0 Å². The van der Waals surface area contributed by atoms with Crippen molar-refractivity contribution < 1.29 is 14.3 Å². The summed E-state index contributed by atoms with van der Waals surface area (Å²) in [5.74, 6) is -1.05. The largest absolute Gasteiger partial charge is 0.444 e. The van der Waals surface area contributed by atoms with Crippen molar-refractivity contribution in [3.8, 4) is 0 Å². The number of carbonyl (C=O) groups is 2. The first-order valence-electron chi connectivity index (χ1n) is 8.52. The fourth-order valence-corrected chi connectivity index (χ4v) is 2.99. The second-order valence-electron chi connectivity index (χ2n) is 6.16. The van der Waals surface area contributed by atoms with E-state index in [2.05, 4.69) is 21.2 Å². The molecule has 3 rings (SSSR count). The third-order valence-electron chi connectivity index (χ3n) is 4.08. The lowest BCUT2D eigenvalue weighted by molar-refractivity contribution is -0.125. The van der Waals surface area contributed by atoms with Crippen LogP contribution >= 0.6 is 27.5 Å². The Morgan fingerprint density at radius 3 is 2.32 bits per heavy atom. The van der Waals surface area contributed by atoms with E-state index in [1.165, 1.54) is 0 Å². The maximum absolute atomic E-state index is 12.9. The number of ether oxygens (including phenoxy) is 1. The van der Waals surface area contributed by atoms with Crippen molar-refractivity contribution in [2.45, 2.75) is 13.0 Å². The van der Waals surface area contributed by atoms with Gasteiger partial charge in [-0.05, 0) is 48.9 Å². The van der Waals surface area contributed by atoms with Crippen molar-refractivity contribution in [1.82, 2.24) is 0 Å². The van der Waals surface area contributed by atoms with Gasteiger partial charge < -0.3 is 10.1 Å². The van der Waals surface area contributed by atoms with E-state index >= 15 is 0 Å². The van der Waals surface area contributed by atoms with Crippen LogP contribution in [0.15, 0.2) is 77.3 Å². The zero-order valence-electron chi connectivity index (χ0n) is 15.0. The van der Waals surface area contributed by atoms with Gasteiger partial charge in [-0.25, -0.2) is 4.79 Å². The number of benzene rings is 3. The highest BCUT2D eigenvalue weighted by atomic mass is 79.9. The number of anilines is 1. The monoisotopic (exact) mass is 457 g/mol. The zero-order valence-corrected chi connectivity index (χ0v) is 17.3. The van der Waals surface area contributed by atoms with E-state index in [4.69, 9.17) is 16.3 Å². The molecule has 6 heteroatoms. The van der Waals surface area contributed by atoms with Gasteiger partial charge in [-0.1, -0.05) is 63.9 Å². The van der Waals surface area contributed by atoms with E-state index in [0.29, 0.717) is 21.8 Å². The zero-order chi connectivity index (χ0) is 20.1. The molecule has 0 spiro atoms. The van der Waals surface area contributed by atoms with Crippen LogP contribution < -0.4 is 5.32 Å². The number of carbonyl (C=O) groups excluding carboxylic acids is 2. The van der Waals surface area contributed by atoms with Crippen LogP contribution in [0.2, 0.25) is 5.02 Å². The van der Waals surface area contributed by atoms with Crippen LogP contribution in [0.1, 0.15) is 27.6 Å². The molecule has 0 aliphatic rings. The van der Waals surface area contributed by atoms with E-state index in [0.717, 1.165) is 10.0 Å². The summed E-state index contributed by atoms with van der Waals surface area (Å²) in [5, 5.41) is 3.31. The summed E-state index contributed by atoms with van der Waals surface area (Å²) in [5.41, 5.74) is 2.36. The molecule has 28 heavy (non-hydrogen) atoms. The van der Waals surface area contributed by atoms with Crippen molar-refractivity contribution in [1.29, 1.82) is 0 Å². The van der Waals surface area contributed by atoms with Crippen molar-refractivity contribution in [3.63, 3.8) is 0 Å². The molecule has 0 saturated heterocycles.